The van der Waals surface area contributed by atoms with Gasteiger partial charge in [-0.05, 0) is 43.9 Å². The summed E-state index contributed by atoms with van der Waals surface area (Å²) in [5.74, 6) is 2.81. The summed E-state index contributed by atoms with van der Waals surface area (Å²) >= 11 is 0. The van der Waals surface area contributed by atoms with E-state index in [-0.39, 0.29) is 5.92 Å². The van der Waals surface area contributed by atoms with Gasteiger partial charge in [-0.3, -0.25) is 9.59 Å². The van der Waals surface area contributed by atoms with Gasteiger partial charge in [-0.1, -0.05) is 12.8 Å². The molecule has 4 nitrogen and oxygen atoms in total. The van der Waals surface area contributed by atoms with E-state index in [0.717, 1.165) is 51.4 Å². The van der Waals surface area contributed by atoms with E-state index >= 15 is 0 Å². The Morgan fingerprint density at radius 3 is 1.90 bits per heavy atom. The molecular formula is C17H26N2O2. The number of hydrogen-bond acceptors (Lipinski definition) is 2. The lowest BCUT2D eigenvalue weighted by Gasteiger charge is -2.39. The first kappa shape index (κ1) is 13.6. The van der Waals surface area contributed by atoms with Gasteiger partial charge in [0.25, 0.3) is 0 Å². The van der Waals surface area contributed by atoms with Crippen LogP contribution in [0.5, 0.6) is 0 Å². The quantitative estimate of drug-likeness (QED) is 0.779. The fraction of sp³-hybridized carbons (Fsp3) is 0.882. The lowest BCUT2D eigenvalue weighted by atomic mass is 9.84. The van der Waals surface area contributed by atoms with Crippen LogP contribution in [0.3, 0.4) is 0 Å². The molecule has 0 aromatic carbocycles. The number of piperazine rings is 1. The van der Waals surface area contributed by atoms with Crippen LogP contribution in [0.4, 0.5) is 0 Å². The fourth-order valence-corrected chi connectivity index (χ4v) is 4.84. The normalized spacial score (nSPS) is 35.9. The molecule has 4 fully saturated rings. The van der Waals surface area contributed by atoms with Crippen LogP contribution in [-0.2, 0) is 9.59 Å². The van der Waals surface area contributed by atoms with Crippen molar-refractivity contribution in [1.82, 2.24) is 9.80 Å². The molecule has 1 heterocycles. The number of carbonyl (C=O) groups excluding carboxylic acids is 2. The molecule has 4 aliphatic rings. The van der Waals surface area contributed by atoms with Crippen LogP contribution in [0.25, 0.3) is 0 Å². The molecule has 4 heteroatoms. The Hall–Kier alpha value is -1.06. The van der Waals surface area contributed by atoms with E-state index in [9.17, 15) is 9.59 Å². The molecule has 3 aliphatic carbocycles. The summed E-state index contributed by atoms with van der Waals surface area (Å²) in [5.41, 5.74) is 0. The van der Waals surface area contributed by atoms with E-state index in [2.05, 4.69) is 0 Å². The molecular weight excluding hydrogens is 264 g/mol. The van der Waals surface area contributed by atoms with Crippen LogP contribution >= 0.6 is 0 Å². The largest absolute Gasteiger partial charge is 0.339 e. The summed E-state index contributed by atoms with van der Waals surface area (Å²) in [6, 6.07) is 0. The summed E-state index contributed by atoms with van der Waals surface area (Å²) in [7, 11) is 0. The van der Waals surface area contributed by atoms with Gasteiger partial charge in [0.05, 0.1) is 0 Å². The third-order valence-electron chi connectivity index (χ3n) is 6.41. The standard InChI is InChI=1S/C17H26N2O2/c20-16(13-2-1-3-13)18-6-8-19(9-7-18)17(21)15-11-12-4-5-14(15)10-12/h12-15H,1-11H2. The first-order valence-electron chi connectivity index (χ1n) is 8.80. The number of carbonyl (C=O) groups is 2. The SMILES string of the molecule is O=C(C1CCC1)N1CCN(C(=O)C2CC3CCC2C3)CC1. The zero-order chi connectivity index (χ0) is 14.4. The predicted octanol–water partition coefficient (Wildman–Crippen LogP) is 1.89. The third kappa shape index (κ3) is 2.36. The molecule has 21 heavy (non-hydrogen) atoms. The van der Waals surface area contributed by atoms with Crippen molar-refractivity contribution in [1.29, 1.82) is 0 Å². The van der Waals surface area contributed by atoms with Gasteiger partial charge in [-0.2, -0.15) is 0 Å². The van der Waals surface area contributed by atoms with E-state index in [0.29, 0.717) is 23.7 Å². The zero-order valence-electron chi connectivity index (χ0n) is 12.8. The number of hydrogen-bond donors (Lipinski definition) is 0. The molecule has 4 rings (SSSR count). The van der Waals surface area contributed by atoms with E-state index < -0.39 is 0 Å². The van der Waals surface area contributed by atoms with Crippen LogP contribution in [0.15, 0.2) is 0 Å². The highest BCUT2D eigenvalue weighted by atomic mass is 16.2. The molecule has 3 atom stereocenters. The highest BCUT2D eigenvalue weighted by Gasteiger charge is 2.44. The minimum Gasteiger partial charge on any atom is -0.339 e. The Morgan fingerprint density at radius 2 is 1.43 bits per heavy atom. The maximum atomic E-state index is 12.7. The molecule has 2 bridgehead atoms. The Kier molecular flexibility index (Phi) is 3.43. The molecule has 2 amide bonds. The topological polar surface area (TPSA) is 40.6 Å². The van der Waals surface area contributed by atoms with Crippen LogP contribution in [0.1, 0.15) is 44.9 Å². The van der Waals surface area contributed by atoms with Crippen molar-refractivity contribution < 1.29 is 9.59 Å². The molecule has 1 saturated heterocycles. The minimum atomic E-state index is 0.290. The van der Waals surface area contributed by atoms with Gasteiger partial charge in [0.15, 0.2) is 0 Å². The molecule has 3 saturated carbocycles. The van der Waals surface area contributed by atoms with Gasteiger partial charge < -0.3 is 9.80 Å². The van der Waals surface area contributed by atoms with Crippen LogP contribution in [-0.4, -0.2) is 47.8 Å². The van der Waals surface area contributed by atoms with E-state index in [1.807, 2.05) is 9.80 Å². The van der Waals surface area contributed by atoms with Gasteiger partial charge in [-0.25, -0.2) is 0 Å². The molecule has 0 spiro atoms. The van der Waals surface area contributed by atoms with Gasteiger partial charge >= 0.3 is 0 Å². The second-order valence-corrected chi connectivity index (χ2v) is 7.56. The first-order chi connectivity index (χ1) is 10.2. The van der Waals surface area contributed by atoms with Crippen molar-refractivity contribution in [2.75, 3.05) is 26.2 Å². The summed E-state index contributed by atoms with van der Waals surface area (Å²) in [4.78, 5) is 29.0. The lowest BCUT2D eigenvalue weighted by molar-refractivity contribution is -0.146. The molecule has 3 unspecified atom stereocenters. The molecule has 1 aliphatic heterocycles. The summed E-state index contributed by atoms with van der Waals surface area (Å²) in [5, 5.41) is 0. The summed E-state index contributed by atoms with van der Waals surface area (Å²) < 4.78 is 0. The van der Waals surface area contributed by atoms with Crippen molar-refractivity contribution in [3.05, 3.63) is 0 Å². The number of rotatable bonds is 2. The molecule has 0 N–H and O–H groups in total. The number of fused-ring (bicyclic) bond motifs is 2. The Labute approximate surface area is 126 Å². The molecule has 116 valence electrons. The second kappa shape index (κ2) is 5.29. The predicted molar refractivity (Wildman–Crippen MR) is 79.4 cm³/mol. The van der Waals surface area contributed by atoms with Gasteiger partial charge in [0.1, 0.15) is 0 Å². The van der Waals surface area contributed by atoms with Gasteiger partial charge in [0.2, 0.25) is 11.8 Å². The average Bonchev–Trinajstić information content (AvgIpc) is 3.07. The maximum Gasteiger partial charge on any atom is 0.226 e. The highest BCUT2D eigenvalue weighted by molar-refractivity contribution is 5.81. The van der Waals surface area contributed by atoms with Crippen molar-refractivity contribution in [3.8, 4) is 0 Å². The monoisotopic (exact) mass is 290 g/mol. The second-order valence-electron chi connectivity index (χ2n) is 7.56. The van der Waals surface area contributed by atoms with E-state index in [4.69, 9.17) is 0 Å². The number of amides is 2. The van der Waals surface area contributed by atoms with Crippen LogP contribution in [0, 0.1) is 23.7 Å². The lowest BCUT2D eigenvalue weighted by Crippen LogP contribution is -2.54. The van der Waals surface area contributed by atoms with Gasteiger partial charge in [0, 0.05) is 38.0 Å². The van der Waals surface area contributed by atoms with Gasteiger partial charge in [-0.15, -0.1) is 0 Å². The van der Waals surface area contributed by atoms with Crippen molar-refractivity contribution in [3.63, 3.8) is 0 Å². The number of nitrogens with zero attached hydrogens (tertiary/aromatic N) is 2. The maximum absolute atomic E-state index is 12.7. The summed E-state index contributed by atoms with van der Waals surface area (Å²) in [6.07, 6.45) is 8.38. The minimum absolute atomic E-state index is 0.290. The van der Waals surface area contributed by atoms with Crippen molar-refractivity contribution >= 4 is 11.8 Å². The third-order valence-corrected chi connectivity index (χ3v) is 6.41. The summed E-state index contributed by atoms with van der Waals surface area (Å²) in [6.45, 7) is 3.01. The van der Waals surface area contributed by atoms with E-state index in [1.54, 1.807) is 0 Å². The van der Waals surface area contributed by atoms with Crippen molar-refractivity contribution in [2.24, 2.45) is 23.7 Å². The molecule has 0 aromatic heterocycles. The fourth-order valence-electron chi connectivity index (χ4n) is 4.84. The first-order valence-corrected chi connectivity index (χ1v) is 8.80. The smallest absolute Gasteiger partial charge is 0.226 e. The Balaban J connectivity index is 1.30. The molecule has 0 radical (unpaired) electrons. The van der Waals surface area contributed by atoms with Crippen molar-refractivity contribution in [2.45, 2.75) is 44.9 Å². The molecule has 0 aromatic rings. The Morgan fingerprint density at radius 1 is 0.762 bits per heavy atom. The van der Waals surface area contributed by atoms with E-state index in [1.165, 1.54) is 25.7 Å². The average molecular weight is 290 g/mol. The zero-order valence-corrected chi connectivity index (χ0v) is 12.8. The highest BCUT2D eigenvalue weighted by Crippen LogP contribution is 2.48. The van der Waals surface area contributed by atoms with Crippen LogP contribution < -0.4 is 0 Å². The Bertz CT molecular complexity index is 438. The van der Waals surface area contributed by atoms with Crippen LogP contribution in [0.2, 0.25) is 0 Å².